The molecule has 0 saturated heterocycles. The van der Waals surface area contributed by atoms with E-state index in [2.05, 4.69) is 5.32 Å². The zero-order chi connectivity index (χ0) is 24.4. The lowest BCUT2D eigenvalue weighted by Crippen LogP contribution is -2.31. The van der Waals surface area contributed by atoms with Crippen LogP contribution in [0.2, 0.25) is 0 Å². The Hall–Kier alpha value is -3.27. The van der Waals surface area contributed by atoms with Gasteiger partial charge in [-0.3, -0.25) is 19.7 Å². The number of nitro benzene ring substituents is 1. The molecule has 2 amide bonds. The largest absolute Gasteiger partial charge is 0.493 e. The molecule has 0 atom stereocenters. The smallest absolute Gasteiger partial charge is 0.283 e. The number of methoxy groups -OCH3 is 2. The summed E-state index contributed by atoms with van der Waals surface area (Å²) in [6.07, 6.45) is 0.551. The first-order valence-electron chi connectivity index (χ1n) is 10.5. The van der Waals surface area contributed by atoms with Gasteiger partial charge in [-0.15, -0.1) is 11.8 Å². The van der Waals surface area contributed by atoms with Crippen molar-refractivity contribution in [1.29, 1.82) is 0 Å². The molecule has 0 bridgehead atoms. The van der Waals surface area contributed by atoms with Crippen LogP contribution in [0.5, 0.6) is 11.5 Å². The van der Waals surface area contributed by atoms with Crippen molar-refractivity contribution >= 4 is 29.3 Å². The van der Waals surface area contributed by atoms with Crippen molar-refractivity contribution in [2.45, 2.75) is 25.2 Å². The number of nitrogens with zero attached hydrogens (tertiary/aromatic N) is 2. The summed E-state index contributed by atoms with van der Waals surface area (Å²) in [7, 11) is 3.11. The molecule has 0 heterocycles. The van der Waals surface area contributed by atoms with Crippen LogP contribution in [-0.2, 0) is 11.2 Å². The minimum Gasteiger partial charge on any atom is -0.493 e. The highest BCUT2D eigenvalue weighted by atomic mass is 32.2. The molecule has 9 nitrogen and oxygen atoms in total. The molecule has 10 heteroatoms. The topological polar surface area (TPSA) is 111 Å². The Balaban J connectivity index is 2.02. The maximum atomic E-state index is 12.5. The van der Waals surface area contributed by atoms with E-state index >= 15 is 0 Å². The summed E-state index contributed by atoms with van der Waals surface area (Å²) in [4.78, 5) is 37.8. The van der Waals surface area contributed by atoms with Gasteiger partial charge in [0.25, 0.3) is 11.6 Å². The Bertz CT molecular complexity index is 994. The fraction of sp³-hybridized carbons (Fsp3) is 0.391. The molecular weight excluding hydrogens is 446 g/mol. The van der Waals surface area contributed by atoms with E-state index < -0.39 is 10.8 Å². The zero-order valence-electron chi connectivity index (χ0n) is 19.3. The van der Waals surface area contributed by atoms with Gasteiger partial charge in [-0.1, -0.05) is 6.07 Å². The van der Waals surface area contributed by atoms with Gasteiger partial charge in [-0.2, -0.15) is 0 Å². The monoisotopic (exact) mass is 475 g/mol. The predicted octanol–water partition coefficient (Wildman–Crippen LogP) is 3.55. The van der Waals surface area contributed by atoms with Gasteiger partial charge >= 0.3 is 0 Å². The molecule has 0 aliphatic carbocycles. The maximum absolute atomic E-state index is 12.5. The lowest BCUT2D eigenvalue weighted by molar-refractivity contribution is -0.387. The Labute approximate surface area is 197 Å². The summed E-state index contributed by atoms with van der Waals surface area (Å²) >= 11 is 1.10. The Morgan fingerprint density at radius 2 is 1.76 bits per heavy atom. The minimum absolute atomic E-state index is 0.0868. The SMILES string of the molecule is CCN(CC)C(=O)CSc1ccc(C(=O)NCCc2ccc(OC)c(OC)c2)cc1[N+](=O)[O-]. The van der Waals surface area contributed by atoms with E-state index in [4.69, 9.17) is 9.47 Å². The molecule has 178 valence electrons. The molecule has 33 heavy (non-hydrogen) atoms. The Morgan fingerprint density at radius 1 is 1.06 bits per heavy atom. The molecule has 0 saturated carbocycles. The van der Waals surface area contributed by atoms with Crippen molar-refractivity contribution in [3.05, 3.63) is 57.6 Å². The third-order valence-corrected chi connectivity index (χ3v) is 6.08. The molecular formula is C23H29N3O6S. The van der Waals surface area contributed by atoms with Gasteiger partial charge in [-0.05, 0) is 50.1 Å². The lowest BCUT2D eigenvalue weighted by atomic mass is 10.1. The number of rotatable bonds is 12. The van der Waals surface area contributed by atoms with Crippen molar-refractivity contribution in [2.75, 3.05) is 39.6 Å². The maximum Gasteiger partial charge on any atom is 0.283 e. The first kappa shape index (κ1) is 26.0. The lowest BCUT2D eigenvalue weighted by Gasteiger charge is -2.18. The second-order valence-electron chi connectivity index (χ2n) is 6.99. The van der Waals surface area contributed by atoms with Crippen molar-refractivity contribution < 1.29 is 24.0 Å². The number of carbonyl (C=O) groups is 2. The van der Waals surface area contributed by atoms with E-state index in [1.165, 1.54) is 18.2 Å². The fourth-order valence-electron chi connectivity index (χ4n) is 3.19. The van der Waals surface area contributed by atoms with E-state index in [0.717, 1.165) is 17.3 Å². The van der Waals surface area contributed by atoms with Crippen molar-refractivity contribution in [1.82, 2.24) is 10.2 Å². The van der Waals surface area contributed by atoms with Crippen molar-refractivity contribution in [3.63, 3.8) is 0 Å². The summed E-state index contributed by atoms with van der Waals surface area (Å²) in [5.74, 6) is 0.823. The number of nitro groups is 1. The van der Waals surface area contributed by atoms with Crippen LogP contribution >= 0.6 is 11.8 Å². The molecule has 2 rings (SSSR count). The van der Waals surface area contributed by atoms with Crippen LogP contribution in [0.15, 0.2) is 41.3 Å². The van der Waals surface area contributed by atoms with Gasteiger partial charge in [0.15, 0.2) is 11.5 Å². The number of nitrogens with one attached hydrogen (secondary N) is 1. The summed E-state index contributed by atoms with van der Waals surface area (Å²) in [5, 5.41) is 14.3. The molecule has 0 unspecified atom stereocenters. The highest BCUT2D eigenvalue weighted by Gasteiger charge is 2.20. The number of benzene rings is 2. The molecule has 0 aromatic heterocycles. The van der Waals surface area contributed by atoms with Crippen LogP contribution in [-0.4, -0.2) is 61.2 Å². The molecule has 2 aromatic rings. The first-order chi connectivity index (χ1) is 15.8. The second-order valence-corrected chi connectivity index (χ2v) is 8.01. The normalized spacial score (nSPS) is 10.4. The van der Waals surface area contributed by atoms with Crippen LogP contribution in [0.4, 0.5) is 5.69 Å². The Morgan fingerprint density at radius 3 is 2.36 bits per heavy atom. The van der Waals surface area contributed by atoms with E-state index in [0.29, 0.717) is 42.4 Å². The number of ether oxygens (including phenoxy) is 2. The minimum atomic E-state index is -0.537. The number of hydrogen-bond acceptors (Lipinski definition) is 7. The standard InChI is InChI=1S/C23H29N3O6S/c1-5-25(6-2)22(27)15-33-21-10-8-17(14-18(21)26(29)30)23(28)24-12-11-16-7-9-19(31-3)20(13-16)32-4/h7-10,13-14H,5-6,11-12,15H2,1-4H3,(H,24,28). The molecule has 0 spiro atoms. The van der Waals surface area contributed by atoms with Crippen LogP contribution in [0, 0.1) is 10.1 Å². The molecule has 1 N–H and O–H groups in total. The average molecular weight is 476 g/mol. The van der Waals surface area contributed by atoms with Crippen molar-refractivity contribution in [2.24, 2.45) is 0 Å². The molecule has 0 aliphatic rings. The van der Waals surface area contributed by atoms with Gasteiger partial charge in [-0.25, -0.2) is 0 Å². The molecule has 2 aromatic carbocycles. The van der Waals surface area contributed by atoms with Gasteiger partial charge < -0.3 is 19.7 Å². The molecule has 0 radical (unpaired) electrons. The van der Waals surface area contributed by atoms with E-state index in [1.54, 1.807) is 25.2 Å². The van der Waals surface area contributed by atoms with Crippen LogP contribution in [0.25, 0.3) is 0 Å². The Kier molecular flexibility index (Phi) is 9.99. The third kappa shape index (κ3) is 7.11. The highest BCUT2D eigenvalue weighted by molar-refractivity contribution is 8.00. The fourth-order valence-corrected chi connectivity index (χ4v) is 4.10. The summed E-state index contributed by atoms with van der Waals surface area (Å²) in [6, 6.07) is 9.80. The average Bonchev–Trinajstić information content (AvgIpc) is 2.83. The van der Waals surface area contributed by atoms with Gasteiger partial charge in [0.05, 0.1) is 29.8 Å². The van der Waals surface area contributed by atoms with Crippen LogP contribution < -0.4 is 14.8 Å². The molecule has 0 fully saturated rings. The van der Waals surface area contributed by atoms with E-state index in [-0.39, 0.29) is 22.9 Å². The number of amides is 2. The number of carbonyl (C=O) groups excluding carboxylic acids is 2. The highest BCUT2D eigenvalue weighted by Crippen LogP contribution is 2.30. The third-order valence-electron chi connectivity index (χ3n) is 5.03. The predicted molar refractivity (Wildman–Crippen MR) is 127 cm³/mol. The summed E-state index contributed by atoms with van der Waals surface area (Å²) in [5.41, 5.74) is 0.942. The van der Waals surface area contributed by atoms with Crippen LogP contribution in [0.3, 0.4) is 0 Å². The quantitative estimate of drug-likeness (QED) is 0.284. The summed E-state index contributed by atoms with van der Waals surface area (Å²) < 4.78 is 10.5. The van der Waals surface area contributed by atoms with E-state index in [9.17, 15) is 19.7 Å². The van der Waals surface area contributed by atoms with Crippen LogP contribution in [0.1, 0.15) is 29.8 Å². The first-order valence-corrected chi connectivity index (χ1v) is 11.5. The van der Waals surface area contributed by atoms with Gasteiger partial charge in [0.2, 0.25) is 5.91 Å². The zero-order valence-corrected chi connectivity index (χ0v) is 20.1. The van der Waals surface area contributed by atoms with E-state index in [1.807, 2.05) is 26.0 Å². The summed E-state index contributed by atoms with van der Waals surface area (Å²) in [6.45, 7) is 5.28. The number of thioether (sulfide) groups is 1. The second kappa shape index (κ2) is 12.7. The van der Waals surface area contributed by atoms with Gasteiger partial charge in [0, 0.05) is 31.3 Å². The number of hydrogen-bond donors (Lipinski definition) is 1. The molecule has 0 aliphatic heterocycles. The van der Waals surface area contributed by atoms with Gasteiger partial charge in [0.1, 0.15) is 0 Å². The van der Waals surface area contributed by atoms with Crippen molar-refractivity contribution in [3.8, 4) is 11.5 Å².